The molecule has 5 heteroatoms. The predicted molar refractivity (Wildman–Crippen MR) is 70.2 cm³/mol. The SMILES string of the molecule is CCCN(CC(=O)OC)Cc1cncn1C(C)C. The molecule has 1 rings (SSSR count). The normalized spacial score (nSPS) is 11.2. The second-order valence-electron chi connectivity index (χ2n) is 4.67. The van der Waals surface area contributed by atoms with Crippen LogP contribution in [0, 0.1) is 0 Å². The zero-order valence-electron chi connectivity index (χ0n) is 11.7. The number of nitrogens with zero attached hydrogens (tertiary/aromatic N) is 3. The number of imidazole rings is 1. The van der Waals surface area contributed by atoms with Gasteiger partial charge in [0.1, 0.15) is 0 Å². The summed E-state index contributed by atoms with van der Waals surface area (Å²) in [4.78, 5) is 17.6. The number of rotatable bonds is 7. The summed E-state index contributed by atoms with van der Waals surface area (Å²) in [5, 5.41) is 0. The Bertz CT molecular complexity index is 374. The highest BCUT2D eigenvalue weighted by Crippen LogP contribution is 2.11. The highest BCUT2D eigenvalue weighted by molar-refractivity contribution is 5.71. The minimum Gasteiger partial charge on any atom is -0.468 e. The van der Waals surface area contributed by atoms with Gasteiger partial charge in [-0.3, -0.25) is 9.69 Å². The van der Waals surface area contributed by atoms with Crippen LogP contribution in [0.5, 0.6) is 0 Å². The lowest BCUT2D eigenvalue weighted by molar-refractivity contribution is -0.142. The van der Waals surface area contributed by atoms with E-state index in [2.05, 4.69) is 35.2 Å². The van der Waals surface area contributed by atoms with Crippen molar-refractivity contribution in [3.05, 3.63) is 18.2 Å². The molecule has 0 atom stereocenters. The summed E-state index contributed by atoms with van der Waals surface area (Å²) in [5.41, 5.74) is 1.13. The van der Waals surface area contributed by atoms with Crippen LogP contribution in [-0.2, 0) is 16.1 Å². The number of carbonyl (C=O) groups is 1. The van der Waals surface area contributed by atoms with Crippen molar-refractivity contribution in [2.45, 2.75) is 39.8 Å². The van der Waals surface area contributed by atoms with Crippen LogP contribution in [0.15, 0.2) is 12.5 Å². The largest absolute Gasteiger partial charge is 0.468 e. The summed E-state index contributed by atoms with van der Waals surface area (Å²) < 4.78 is 6.85. The van der Waals surface area contributed by atoms with Crippen molar-refractivity contribution in [3.63, 3.8) is 0 Å². The van der Waals surface area contributed by atoms with E-state index in [0.29, 0.717) is 12.6 Å². The number of carbonyl (C=O) groups excluding carboxylic acids is 1. The van der Waals surface area contributed by atoms with Crippen LogP contribution in [0.4, 0.5) is 0 Å². The van der Waals surface area contributed by atoms with Gasteiger partial charge in [-0.05, 0) is 26.8 Å². The molecule has 0 radical (unpaired) electrons. The van der Waals surface area contributed by atoms with E-state index in [-0.39, 0.29) is 5.97 Å². The molecule has 0 fully saturated rings. The van der Waals surface area contributed by atoms with E-state index in [1.54, 1.807) is 0 Å². The maximum absolute atomic E-state index is 11.4. The highest BCUT2D eigenvalue weighted by Gasteiger charge is 2.14. The van der Waals surface area contributed by atoms with E-state index in [0.717, 1.165) is 25.2 Å². The predicted octanol–water partition coefficient (Wildman–Crippen LogP) is 1.85. The highest BCUT2D eigenvalue weighted by atomic mass is 16.5. The van der Waals surface area contributed by atoms with Gasteiger partial charge in [-0.25, -0.2) is 4.98 Å². The number of ether oxygens (including phenoxy) is 1. The van der Waals surface area contributed by atoms with Gasteiger partial charge in [0.15, 0.2) is 0 Å². The average Bonchev–Trinajstić information content (AvgIpc) is 2.77. The Morgan fingerprint density at radius 2 is 2.28 bits per heavy atom. The Balaban J connectivity index is 2.70. The van der Waals surface area contributed by atoms with Crippen molar-refractivity contribution in [3.8, 4) is 0 Å². The summed E-state index contributed by atoms with van der Waals surface area (Å²) in [5.74, 6) is -0.195. The van der Waals surface area contributed by atoms with Crippen molar-refractivity contribution >= 4 is 5.97 Å². The second-order valence-corrected chi connectivity index (χ2v) is 4.67. The Morgan fingerprint density at radius 3 is 2.83 bits per heavy atom. The van der Waals surface area contributed by atoms with Crippen molar-refractivity contribution in [2.24, 2.45) is 0 Å². The number of esters is 1. The van der Waals surface area contributed by atoms with Gasteiger partial charge in [-0.2, -0.15) is 0 Å². The van der Waals surface area contributed by atoms with E-state index in [9.17, 15) is 4.79 Å². The van der Waals surface area contributed by atoms with E-state index < -0.39 is 0 Å². The monoisotopic (exact) mass is 253 g/mol. The van der Waals surface area contributed by atoms with Crippen molar-refractivity contribution in [1.29, 1.82) is 0 Å². The molecule has 0 saturated heterocycles. The molecule has 0 amide bonds. The zero-order valence-corrected chi connectivity index (χ0v) is 11.7. The van der Waals surface area contributed by atoms with Crippen LogP contribution < -0.4 is 0 Å². The zero-order chi connectivity index (χ0) is 13.5. The van der Waals surface area contributed by atoms with Crippen LogP contribution >= 0.6 is 0 Å². The molecule has 1 heterocycles. The Labute approximate surface area is 109 Å². The molecule has 0 aliphatic heterocycles. The minimum absolute atomic E-state index is 0.195. The molecule has 0 spiro atoms. The second kappa shape index (κ2) is 7.16. The molecule has 0 bridgehead atoms. The third kappa shape index (κ3) is 4.14. The van der Waals surface area contributed by atoms with Crippen LogP contribution in [0.2, 0.25) is 0 Å². The molecule has 0 aliphatic carbocycles. The number of methoxy groups -OCH3 is 1. The first-order valence-corrected chi connectivity index (χ1v) is 6.38. The topological polar surface area (TPSA) is 47.4 Å². The first-order chi connectivity index (χ1) is 8.58. The molecule has 0 saturated carbocycles. The maximum atomic E-state index is 11.4. The average molecular weight is 253 g/mol. The van der Waals surface area contributed by atoms with Crippen molar-refractivity contribution < 1.29 is 9.53 Å². The fourth-order valence-electron chi connectivity index (χ4n) is 1.93. The molecule has 0 aliphatic rings. The first-order valence-electron chi connectivity index (χ1n) is 6.38. The van der Waals surface area contributed by atoms with E-state index in [4.69, 9.17) is 4.74 Å². The molecule has 0 aromatic carbocycles. The Morgan fingerprint density at radius 1 is 1.56 bits per heavy atom. The molecule has 102 valence electrons. The lowest BCUT2D eigenvalue weighted by atomic mass is 10.3. The van der Waals surface area contributed by atoms with E-state index >= 15 is 0 Å². The number of hydrogen-bond acceptors (Lipinski definition) is 4. The number of aromatic nitrogens is 2. The lowest BCUT2D eigenvalue weighted by Crippen LogP contribution is -2.31. The number of hydrogen-bond donors (Lipinski definition) is 0. The fourth-order valence-corrected chi connectivity index (χ4v) is 1.93. The summed E-state index contributed by atoms with van der Waals surface area (Å²) in [6, 6.07) is 0.379. The molecular formula is C13H23N3O2. The quantitative estimate of drug-likeness (QED) is 0.696. The standard InChI is InChI=1S/C13H23N3O2/c1-5-6-15(9-13(17)18-4)8-12-7-14-10-16(12)11(2)3/h7,10-11H,5-6,8-9H2,1-4H3. The third-order valence-electron chi connectivity index (χ3n) is 2.81. The van der Waals surface area contributed by atoms with Gasteiger partial charge in [0.25, 0.3) is 0 Å². The van der Waals surface area contributed by atoms with Gasteiger partial charge in [0, 0.05) is 18.8 Å². The molecule has 5 nitrogen and oxygen atoms in total. The van der Waals surface area contributed by atoms with Crippen LogP contribution in [0.1, 0.15) is 38.9 Å². The molecule has 18 heavy (non-hydrogen) atoms. The maximum Gasteiger partial charge on any atom is 0.319 e. The third-order valence-corrected chi connectivity index (χ3v) is 2.81. The van der Waals surface area contributed by atoms with Gasteiger partial charge in [-0.1, -0.05) is 6.92 Å². The van der Waals surface area contributed by atoms with Crippen LogP contribution in [0.25, 0.3) is 0 Å². The Kier molecular flexibility index (Phi) is 5.85. The van der Waals surface area contributed by atoms with Crippen LogP contribution in [0.3, 0.4) is 0 Å². The molecule has 1 aromatic heterocycles. The molecule has 1 aromatic rings. The van der Waals surface area contributed by atoms with Gasteiger partial charge in [-0.15, -0.1) is 0 Å². The smallest absolute Gasteiger partial charge is 0.319 e. The van der Waals surface area contributed by atoms with Crippen LogP contribution in [-0.4, -0.2) is 40.6 Å². The van der Waals surface area contributed by atoms with Gasteiger partial charge in [0.2, 0.25) is 0 Å². The van der Waals surface area contributed by atoms with Crippen molar-refractivity contribution in [1.82, 2.24) is 14.5 Å². The van der Waals surface area contributed by atoms with Gasteiger partial charge >= 0.3 is 5.97 Å². The first kappa shape index (κ1) is 14.7. The molecular weight excluding hydrogens is 230 g/mol. The van der Waals surface area contributed by atoms with E-state index in [1.807, 2.05) is 12.5 Å². The molecule has 0 unspecified atom stereocenters. The summed E-state index contributed by atoms with van der Waals surface area (Å²) in [6.45, 7) is 8.27. The summed E-state index contributed by atoms with van der Waals surface area (Å²) >= 11 is 0. The minimum atomic E-state index is -0.195. The molecule has 0 N–H and O–H groups in total. The van der Waals surface area contributed by atoms with Gasteiger partial charge in [0.05, 0.1) is 25.7 Å². The fraction of sp³-hybridized carbons (Fsp3) is 0.692. The van der Waals surface area contributed by atoms with Gasteiger partial charge < -0.3 is 9.30 Å². The Hall–Kier alpha value is -1.36. The van der Waals surface area contributed by atoms with E-state index in [1.165, 1.54) is 7.11 Å². The van der Waals surface area contributed by atoms with Crippen molar-refractivity contribution in [2.75, 3.05) is 20.2 Å². The lowest BCUT2D eigenvalue weighted by Gasteiger charge is -2.21. The summed E-state index contributed by atoms with van der Waals surface area (Å²) in [6.07, 6.45) is 4.70. The summed E-state index contributed by atoms with van der Waals surface area (Å²) in [7, 11) is 1.42.